The van der Waals surface area contributed by atoms with E-state index in [1.165, 1.54) is 10.4 Å². The van der Waals surface area contributed by atoms with Gasteiger partial charge in [-0.1, -0.05) is 24.3 Å². The SMILES string of the molecule is C=CCN(CCC(=O)Nc1ccc(Oc2ccccc2)cc1)S(C)(=O)=O. The van der Waals surface area contributed by atoms with E-state index in [0.717, 1.165) is 12.0 Å². The van der Waals surface area contributed by atoms with Crippen LogP contribution in [0.3, 0.4) is 0 Å². The van der Waals surface area contributed by atoms with Gasteiger partial charge in [-0.05, 0) is 36.4 Å². The highest BCUT2D eigenvalue weighted by atomic mass is 32.2. The number of nitrogens with one attached hydrogen (secondary N) is 1. The summed E-state index contributed by atoms with van der Waals surface area (Å²) in [7, 11) is -3.37. The third kappa shape index (κ3) is 6.34. The van der Waals surface area contributed by atoms with E-state index in [-0.39, 0.29) is 25.4 Å². The van der Waals surface area contributed by atoms with Crippen molar-refractivity contribution in [3.05, 3.63) is 67.3 Å². The Morgan fingerprint density at radius 2 is 1.73 bits per heavy atom. The second-order valence-electron chi connectivity index (χ2n) is 5.65. The number of benzene rings is 2. The molecule has 0 aliphatic heterocycles. The van der Waals surface area contributed by atoms with Crippen molar-refractivity contribution >= 4 is 21.6 Å². The summed E-state index contributed by atoms with van der Waals surface area (Å²) in [5.74, 6) is 1.12. The van der Waals surface area contributed by atoms with Crippen LogP contribution in [-0.2, 0) is 14.8 Å². The number of carbonyl (C=O) groups excluding carboxylic acids is 1. The Labute approximate surface area is 154 Å². The fourth-order valence-corrected chi connectivity index (χ4v) is 3.02. The molecule has 0 heterocycles. The summed E-state index contributed by atoms with van der Waals surface area (Å²) >= 11 is 0. The third-order valence-electron chi connectivity index (χ3n) is 3.51. The minimum atomic E-state index is -3.37. The topological polar surface area (TPSA) is 75.7 Å². The second-order valence-corrected chi connectivity index (χ2v) is 7.63. The van der Waals surface area contributed by atoms with Crippen molar-refractivity contribution in [2.24, 2.45) is 0 Å². The van der Waals surface area contributed by atoms with Gasteiger partial charge in [-0.3, -0.25) is 4.79 Å². The lowest BCUT2D eigenvalue weighted by Gasteiger charge is -2.17. The molecule has 2 rings (SSSR count). The van der Waals surface area contributed by atoms with Gasteiger partial charge in [0.25, 0.3) is 0 Å². The average Bonchev–Trinajstić information content (AvgIpc) is 2.60. The van der Waals surface area contributed by atoms with Gasteiger partial charge in [-0.25, -0.2) is 8.42 Å². The maximum atomic E-state index is 12.0. The summed E-state index contributed by atoms with van der Waals surface area (Å²) in [6.07, 6.45) is 2.66. The fourth-order valence-electron chi connectivity index (χ4n) is 2.22. The molecule has 6 nitrogen and oxygen atoms in total. The summed E-state index contributed by atoms with van der Waals surface area (Å²) < 4.78 is 30.1. The van der Waals surface area contributed by atoms with Gasteiger partial charge in [0.2, 0.25) is 15.9 Å². The molecule has 7 heteroatoms. The fraction of sp³-hybridized carbons (Fsp3) is 0.211. The van der Waals surface area contributed by atoms with Gasteiger partial charge < -0.3 is 10.1 Å². The van der Waals surface area contributed by atoms with Gasteiger partial charge in [0.05, 0.1) is 6.26 Å². The number of sulfonamides is 1. The molecule has 26 heavy (non-hydrogen) atoms. The Bertz CT molecular complexity index is 834. The zero-order valence-corrected chi connectivity index (χ0v) is 15.4. The number of ether oxygens (including phenoxy) is 1. The minimum Gasteiger partial charge on any atom is -0.457 e. The summed E-state index contributed by atoms with van der Waals surface area (Å²) in [5, 5.41) is 2.74. The molecule has 1 N–H and O–H groups in total. The number of nitrogens with zero attached hydrogens (tertiary/aromatic N) is 1. The standard InChI is InChI=1S/C19H22N2O4S/c1-3-14-21(26(2,23)24)15-13-19(22)20-16-9-11-18(12-10-16)25-17-7-5-4-6-8-17/h3-12H,1,13-15H2,2H3,(H,20,22). The second kappa shape index (κ2) is 9.17. The first-order valence-corrected chi connectivity index (χ1v) is 9.92. The summed E-state index contributed by atoms with van der Waals surface area (Å²) in [4.78, 5) is 12.0. The van der Waals surface area contributed by atoms with Crippen LogP contribution in [0.5, 0.6) is 11.5 Å². The van der Waals surface area contributed by atoms with Crippen LogP contribution in [-0.4, -0.2) is 38.0 Å². The van der Waals surface area contributed by atoms with Crippen LogP contribution in [0.15, 0.2) is 67.3 Å². The monoisotopic (exact) mass is 374 g/mol. The molecule has 0 atom stereocenters. The summed E-state index contributed by atoms with van der Waals surface area (Å²) in [5.41, 5.74) is 0.616. The van der Waals surface area contributed by atoms with E-state index in [4.69, 9.17) is 4.74 Å². The van der Waals surface area contributed by atoms with Crippen molar-refractivity contribution in [3.63, 3.8) is 0 Å². The Morgan fingerprint density at radius 3 is 2.31 bits per heavy atom. The van der Waals surface area contributed by atoms with E-state index >= 15 is 0 Å². The lowest BCUT2D eigenvalue weighted by Crippen LogP contribution is -2.33. The third-order valence-corrected chi connectivity index (χ3v) is 4.78. The van der Waals surface area contributed by atoms with Gasteiger partial charge in [-0.15, -0.1) is 6.58 Å². The van der Waals surface area contributed by atoms with E-state index in [1.807, 2.05) is 30.3 Å². The zero-order chi connectivity index (χ0) is 19.0. The molecular weight excluding hydrogens is 352 g/mol. The Morgan fingerprint density at radius 1 is 1.12 bits per heavy atom. The number of para-hydroxylation sites is 1. The summed E-state index contributed by atoms with van der Waals surface area (Å²) in [6.45, 7) is 3.81. The van der Waals surface area contributed by atoms with Crippen LogP contribution < -0.4 is 10.1 Å². The Balaban J connectivity index is 1.88. The van der Waals surface area contributed by atoms with Crippen molar-refractivity contribution in [2.75, 3.05) is 24.7 Å². The number of anilines is 1. The van der Waals surface area contributed by atoms with Crippen molar-refractivity contribution in [1.82, 2.24) is 4.31 Å². The van der Waals surface area contributed by atoms with Crippen molar-refractivity contribution in [3.8, 4) is 11.5 Å². The molecule has 1 amide bonds. The molecular formula is C19H22N2O4S. The molecule has 0 saturated carbocycles. The quantitative estimate of drug-likeness (QED) is 0.684. The highest BCUT2D eigenvalue weighted by Gasteiger charge is 2.16. The van der Waals surface area contributed by atoms with Gasteiger partial charge in [0, 0.05) is 25.2 Å². The van der Waals surface area contributed by atoms with E-state index in [0.29, 0.717) is 11.4 Å². The van der Waals surface area contributed by atoms with Gasteiger partial charge in [0.15, 0.2) is 0 Å². The number of carbonyl (C=O) groups is 1. The average molecular weight is 374 g/mol. The molecule has 2 aromatic rings. The molecule has 0 aromatic heterocycles. The Kier molecular flexibility index (Phi) is 6.94. The molecule has 0 bridgehead atoms. The molecule has 138 valence electrons. The molecule has 0 aliphatic rings. The lowest BCUT2D eigenvalue weighted by atomic mass is 10.3. The Hall–Kier alpha value is -2.64. The number of hydrogen-bond acceptors (Lipinski definition) is 4. The maximum absolute atomic E-state index is 12.0. The minimum absolute atomic E-state index is 0.0587. The predicted molar refractivity (Wildman–Crippen MR) is 103 cm³/mol. The van der Waals surface area contributed by atoms with E-state index in [9.17, 15) is 13.2 Å². The first-order valence-electron chi connectivity index (χ1n) is 8.07. The molecule has 0 unspecified atom stereocenters. The molecule has 0 saturated heterocycles. The number of hydrogen-bond donors (Lipinski definition) is 1. The van der Waals surface area contributed by atoms with Crippen LogP contribution in [0.2, 0.25) is 0 Å². The first kappa shape index (κ1) is 19.7. The van der Waals surface area contributed by atoms with Crippen LogP contribution in [0.4, 0.5) is 5.69 Å². The molecule has 0 aliphatic carbocycles. The molecule has 2 aromatic carbocycles. The van der Waals surface area contributed by atoms with E-state index < -0.39 is 10.0 Å². The van der Waals surface area contributed by atoms with Crippen LogP contribution >= 0.6 is 0 Å². The largest absolute Gasteiger partial charge is 0.457 e. The number of rotatable bonds is 9. The van der Waals surface area contributed by atoms with Gasteiger partial charge in [-0.2, -0.15) is 4.31 Å². The first-order chi connectivity index (χ1) is 12.4. The highest BCUT2D eigenvalue weighted by Crippen LogP contribution is 2.22. The normalized spacial score (nSPS) is 11.2. The van der Waals surface area contributed by atoms with Crippen molar-refractivity contribution in [2.45, 2.75) is 6.42 Å². The number of amides is 1. The van der Waals surface area contributed by atoms with Crippen molar-refractivity contribution < 1.29 is 17.9 Å². The molecule has 0 fully saturated rings. The highest BCUT2D eigenvalue weighted by molar-refractivity contribution is 7.88. The maximum Gasteiger partial charge on any atom is 0.225 e. The van der Waals surface area contributed by atoms with Gasteiger partial charge >= 0.3 is 0 Å². The zero-order valence-electron chi connectivity index (χ0n) is 14.6. The van der Waals surface area contributed by atoms with Crippen LogP contribution in [0.1, 0.15) is 6.42 Å². The molecule has 0 spiro atoms. The van der Waals surface area contributed by atoms with E-state index in [2.05, 4.69) is 11.9 Å². The smallest absolute Gasteiger partial charge is 0.225 e. The predicted octanol–water partition coefficient (Wildman–Crippen LogP) is 3.26. The lowest BCUT2D eigenvalue weighted by molar-refractivity contribution is -0.116. The summed E-state index contributed by atoms with van der Waals surface area (Å²) in [6, 6.07) is 16.4. The van der Waals surface area contributed by atoms with Gasteiger partial charge in [0.1, 0.15) is 11.5 Å². The van der Waals surface area contributed by atoms with Crippen LogP contribution in [0, 0.1) is 0 Å². The molecule has 0 radical (unpaired) electrons. The van der Waals surface area contributed by atoms with E-state index in [1.54, 1.807) is 24.3 Å². The van der Waals surface area contributed by atoms with Crippen LogP contribution in [0.25, 0.3) is 0 Å². The van der Waals surface area contributed by atoms with Crippen molar-refractivity contribution in [1.29, 1.82) is 0 Å².